The van der Waals surface area contributed by atoms with Crippen LogP contribution in [0.5, 0.6) is 0 Å². The van der Waals surface area contributed by atoms with Gasteiger partial charge >= 0.3 is 5.97 Å². The van der Waals surface area contributed by atoms with Crippen molar-refractivity contribution in [2.45, 2.75) is 31.8 Å². The number of imide groups is 1. The predicted octanol–water partition coefficient (Wildman–Crippen LogP) is 0.484. The topological polar surface area (TPSA) is 108 Å². The van der Waals surface area contributed by atoms with Gasteiger partial charge in [-0.1, -0.05) is 19.9 Å². The molecule has 7 heteroatoms. The molecular weight excluding hydrogens is 298 g/mol. The van der Waals surface area contributed by atoms with Gasteiger partial charge in [0.25, 0.3) is 0 Å². The summed E-state index contributed by atoms with van der Waals surface area (Å²) >= 11 is 0. The molecule has 0 saturated carbocycles. The minimum absolute atomic E-state index is 0.0465. The maximum Gasteiger partial charge on any atom is 0.324 e. The van der Waals surface area contributed by atoms with Crippen LogP contribution in [0.3, 0.4) is 0 Å². The fraction of sp³-hybridized carbons (Fsp3) is 0.500. The number of nitrogens with zero attached hydrogens (tertiary/aromatic N) is 1. The molecule has 4 unspecified atom stereocenters. The number of carboxylic acid groups (broad SMARTS) is 1. The first-order chi connectivity index (χ1) is 10.9. The summed E-state index contributed by atoms with van der Waals surface area (Å²) in [6.07, 6.45) is 1.84. The van der Waals surface area contributed by atoms with Crippen molar-refractivity contribution >= 4 is 17.8 Å². The van der Waals surface area contributed by atoms with Crippen LogP contribution in [0.4, 0.5) is 0 Å². The van der Waals surface area contributed by atoms with Gasteiger partial charge in [0.15, 0.2) is 0 Å². The highest BCUT2D eigenvalue weighted by Crippen LogP contribution is 2.48. The molecule has 3 rings (SSSR count). The highest BCUT2D eigenvalue weighted by molar-refractivity contribution is 6.09. The summed E-state index contributed by atoms with van der Waals surface area (Å²) in [4.78, 5) is 40.8. The lowest BCUT2D eigenvalue weighted by molar-refractivity contribution is -0.150. The van der Waals surface area contributed by atoms with Crippen molar-refractivity contribution < 1.29 is 19.5 Å². The molecule has 4 atom stereocenters. The van der Waals surface area contributed by atoms with Crippen LogP contribution in [0.25, 0.3) is 0 Å². The van der Waals surface area contributed by atoms with E-state index in [1.54, 1.807) is 24.4 Å². The molecule has 0 radical (unpaired) electrons. The molecule has 0 spiro atoms. The Kier molecular flexibility index (Phi) is 3.68. The third-order valence-electron chi connectivity index (χ3n) is 4.61. The number of aromatic nitrogens is 1. The summed E-state index contributed by atoms with van der Waals surface area (Å²) in [5.74, 6) is -3.70. The van der Waals surface area contributed by atoms with Crippen molar-refractivity contribution in [1.82, 2.24) is 15.6 Å². The van der Waals surface area contributed by atoms with E-state index >= 15 is 0 Å². The molecule has 0 aliphatic carbocycles. The molecule has 1 aromatic heterocycles. The van der Waals surface area contributed by atoms with Gasteiger partial charge in [-0.3, -0.25) is 30.0 Å². The number of nitrogens with one attached hydrogen (secondary N) is 2. The van der Waals surface area contributed by atoms with Gasteiger partial charge in [0.05, 0.1) is 23.6 Å². The van der Waals surface area contributed by atoms with Gasteiger partial charge in [-0.2, -0.15) is 0 Å². The van der Waals surface area contributed by atoms with E-state index in [9.17, 15) is 19.5 Å². The molecule has 3 N–H and O–H groups in total. The molecule has 3 heterocycles. The van der Waals surface area contributed by atoms with Crippen LogP contribution in [-0.2, 0) is 14.4 Å². The zero-order valence-electron chi connectivity index (χ0n) is 12.9. The second-order valence-electron chi connectivity index (χ2n) is 6.61. The standard InChI is InChI=1S/C16H19N3O4/c1-8(2)7-16(15(22)23)11-10(13(20)18-14(11)21)12(19-16)9-5-3-4-6-17-9/h3-6,8,10-12,19H,7H2,1-2H3,(H,22,23)(H,18,20,21). The Balaban J connectivity index is 2.10. The summed E-state index contributed by atoms with van der Waals surface area (Å²) < 4.78 is 0. The third-order valence-corrected chi connectivity index (χ3v) is 4.61. The van der Waals surface area contributed by atoms with E-state index in [2.05, 4.69) is 15.6 Å². The number of hydrogen-bond donors (Lipinski definition) is 3. The Bertz CT molecular complexity index is 661. The fourth-order valence-corrected chi connectivity index (χ4v) is 3.86. The van der Waals surface area contributed by atoms with E-state index in [0.29, 0.717) is 5.69 Å². The number of carbonyl (C=O) groups is 3. The van der Waals surface area contributed by atoms with Crippen molar-refractivity contribution in [2.75, 3.05) is 0 Å². The van der Waals surface area contributed by atoms with Crippen LogP contribution in [0.15, 0.2) is 24.4 Å². The minimum atomic E-state index is -1.46. The van der Waals surface area contributed by atoms with E-state index in [0.717, 1.165) is 0 Å². The lowest BCUT2D eigenvalue weighted by Crippen LogP contribution is -2.56. The van der Waals surface area contributed by atoms with E-state index in [4.69, 9.17) is 0 Å². The van der Waals surface area contributed by atoms with E-state index in [1.165, 1.54) is 0 Å². The molecule has 1 aromatic rings. The maximum absolute atomic E-state index is 12.3. The van der Waals surface area contributed by atoms with Gasteiger partial charge in [-0.05, 0) is 24.5 Å². The van der Waals surface area contributed by atoms with Gasteiger partial charge in [0.2, 0.25) is 11.8 Å². The molecular formula is C16H19N3O4. The van der Waals surface area contributed by atoms with E-state index < -0.39 is 41.2 Å². The Morgan fingerprint density at radius 1 is 1.35 bits per heavy atom. The summed E-state index contributed by atoms with van der Waals surface area (Å²) in [6, 6.07) is 4.66. The Hall–Kier alpha value is -2.28. The number of carboxylic acids is 1. The molecule has 0 aromatic carbocycles. The zero-order chi connectivity index (χ0) is 16.8. The quantitative estimate of drug-likeness (QED) is 0.697. The normalized spacial score (nSPS) is 32.9. The first kappa shape index (κ1) is 15.6. The lowest BCUT2D eigenvalue weighted by Gasteiger charge is -2.31. The van der Waals surface area contributed by atoms with E-state index in [1.807, 2.05) is 13.8 Å². The van der Waals surface area contributed by atoms with Gasteiger partial charge in [0, 0.05) is 6.20 Å². The van der Waals surface area contributed by atoms with Gasteiger partial charge < -0.3 is 5.11 Å². The maximum atomic E-state index is 12.3. The average Bonchev–Trinajstić information content (AvgIpc) is 2.98. The van der Waals surface area contributed by atoms with Crippen molar-refractivity contribution in [3.05, 3.63) is 30.1 Å². The van der Waals surface area contributed by atoms with Crippen molar-refractivity contribution in [1.29, 1.82) is 0 Å². The first-order valence-electron chi connectivity index (χ1n) is 7.63. The SMILES string of the molecule is CC(C)CC1(C(=O)O)NC(c2ccccn2)C2C(=O)NC(=O)C21. The smallest absolute Gasteiger partial charge is 0.324 e. The highest BCUT2D eigenvalue weighted by Gasteiger charge is 2.66. The van der Waals surface area contributed by atoms with Crippen LogP contribution in [0.1, 0.15) is 32.0 Å². The van der Waals surface area contributed by atoms with Crippen molar-refractivity contribution in [3.8, 4) is 0 Å². The summed E-state index contributed by atoms with van der Waals surface area (Å²) in [5, 5.41) is 15.2. The summed E-state index contributed by atoms with van der Waals surface area (Å²) in [6.45, 7) is 3.79. The lowest BCUT2D eigenvalue weighted by atomic mass is 9.75. The number of pyridine rings is 1. The zero-order valence-corrected chi connectivity index (χ0v) is 12.9. The minimum Gasteiger partial charge on any atom is -0.480 e. The Morgan fingerprint density at radius 2 is 2.09 bits per heavy atom. The second kappa shape index (κ2) is 5.42. The molecule has 2 amide bonds. The molecule has 7 nitrogen and oxygen atoms in total. The number of hydrogen-bond acceptors (Lipinski definition) is 5. The van der Waals surface area contributed by atoms with Gasteiger partial charge in [-0.15, -0.1) is 0 Å². The third kappa shape index (κ3) is 2.31. The Morgan fingerprint density at radius 3 is 2.65 bits per heavy atom. The fourth-order valence-electron chi connectivity index (χ4n) is 3.86. The van der Waals surface area contributed by atoms with Gasteiger partial charge in [-0.25, -0.2) is 0 Å². The van der Waals surface area contributed by atoms with Crippen LogP contribution in [-0.4, -0.2) is 33.4 Å². The summed E-state index contributed by atoms with van der Waals surface area (Å²) in [7, 11) is 0. The molecule has 0 bridgehead atoms. The number of carbonyl (C=O) groups excluding carboxylic acids is 2. The largest absolute Gasteiger partial charge is 0.480 e. The molecule has 2 aliphatic heterocycles. The number of fused-ring (bicyclic) bond motifs is 1. The average molecular weight is 317 g/mol. The Labute approximate surface area is 133 Å². The number of aliphatic carboxylic acids is 1. The van der Waals surface area contributed by atoms with Crippen LogP contribution < -0.4 is 10.6 Å². The second-order valence-corrected chi connectivity index (χ2v) is 6.61. The highest BCUT2D eigenvalue weighted by atomic mass is 16.4. The van der Waals surface area contributed by atoms with Gasteiger partial charge in [0.1, 0.15) is 5.54 Å². The van der Waals surface area contributed by atoms with Crippen LogP contribution in [0, 0.1) is 17.8 Å². The van der Waals surface area contributed by atoms with Crippen molar-refractivity contribution in [3.63, 3.8) is 0 Å². The predicted molar refractivity (Wildman–Crippen MR) is 80.1 cm³/mol. The first-order valence-corrected chi connectivity index (χ1v) is 7.63. The molecule has 122 valence electrons. The van der Waals surface area contributed by atoms with E-state index in [-0.39, 0.29) is 12.3 Å². The van der Waals surface area contributed by atoms with Crippen LogP contribution in [0.2, 0.25) is 0 Å². The molecule has 23 heavy (non-hydrogen) atoms. The number of amides is 2. The number of rotatable bonds is 4. The molecule has 2 fully saturated rings. The van der Waals surface area contributed by atoms with Crippen molar-refractivity contribution in [2.24, 2.45) is 17.8 Å². The monoisotopic (exact) mass is 317 g/mol. The molecule has 2 aliphatic rings. The van der Waals surface area contributed by atoms with Crippen LogP contribution >= 0.6 is 0 Å². The summed E-state index contributed by atoms with van der Waals surface area (Å²) in [5.41, 5.74) is -0.892. The molecule has 2 saturated heterocycles.